The van der Waals surface area contributed by atoms with E-state index in [0.29, 0.717) is 6.61 Å². The van der Waals surface area contributed by atoms with Crippen LogP contribution in [-0.4, -0.2) is 12.0 Å². The molecule has 4 heteroatoms. The molecule has 1 atom stereocenters. The van der Waals surface area contributed by atoms with Crippen LogP contribution in [0.2, 0.25) is 0 Å². The van der Waals surface area contributed by atoms with Crippen molar-refractivity contribution in [2.45, 2.75) is 33.4 Å². The van der Waals surface area contributed by atoms with E-state index in [-0.39, 0.29) is 11.4 Å². The number of carbonyl (C=O) groups is 1. The van der Waals surface area contributed by atoms with Crippen molar-refractivity contribution >= 4 is 17.3 Å². The molecule has 3 nitrogen and oxygen atoms in total. The van der Waals surface area contributed by atoms with E-state index in [9.17, 15) is 4.79 Å². The Hall–Kier alpha value is -0.870. The molecule has 0 fully saturated rings. The third kappa shape index (κ3) is 3.64. The predicted octanol–water partition coefficient (Wildman–Crippen LogP) is 2.16. The second-order valence-electron chi connectivity index (χ2n) is 4.53. The average Bonchev–Trinajstić information content (AvgIpc) is 2.63. The van der Waals surface area contributed by atoms with Crippen LogP contribution in [0, 0.1) is 5.41 Å². The lowest BCUT2D eigenvalue weighted by atomic mass is 9.87. The smallest absolute Gasteiger partial charge is 0.323 e. The summed E-state index contributed by atoms with van der Waals surface area (Å²) in [5, 5.41) is 1.95. The molecule has 0 bridgehead atoms. The van der Waals surface area contributed by atoms with Crippen LogP contribution < -0.4 is 5.73 Å². The van der Waals surface area contributed by atoms with Gasteiger partial charge < -0.3 is 10.5 Å². The maximum absolute atomic E-state index is 11.5. The molecule has 0 saturated heterocycles. The molecular formula is C11H17NO2S. The molecule has 0 aliphatic rings. The second-order valence-corrected chi connectivity index (χ2v) is 5.56. The summed E-state index contributed by atoms with van der Waals surface area (Å²) in [5.74, 6) is -0.337. The number of nitrogens with two attached hydrogens (primary N) is 1. The monoisotopic (exact) mass is 227 g/mol. The van der Waals surface area contributed by atoms with Crippen LogP contribution in [0.25, 0.3) is 0 Å². The molecule has 0 spiro atoms. The van der Waals surface area contributed by atoms with Gasteiger partial charge in [0.05, 0.1) is 0 Å². The molecule has 0 radical (unpaired) electrons. The van der Waals surface area contributed by atoms with Crippen molar-refractivity contribution < 1.29 is 9.53 Å². The van der Waals surface area contributed by atoms with Crippen LogP contribution in [0.1, 0.15) is 25.6 Å². The fraction of sp³-hybridized carbons (Fsp3) is 0.545. The Kier molecular flexibility index (Phi) is 3.88. The number of esters is 1. The zero-order valence-corrected chi connectivity index (χ0v) is 10.1. The lowest BCUT2D eigenvalue weighted by Gasteiger charge is -2.24. The van der Waals surface area contributed by atoms with Gasteiger partial charge in [-0.1, -0.05) is 26.8 Å². The van der Waals surface area contributed by atoms with E-state index in [1.54, 1.807) is 11.3 Å². The molecule has 0 amide bonds. The molecule has 0 aromatic carbocycles. The Morgan fingerprint density at radius 1 is 1.60 bits per heavy atom. The fourth-order valence-corrected chi connectivity index (χ4v) is 1.60. The number of ether oxygens (including phenoxy) is 1. The van der Waals surface area contributed by atoms with Crippen LogP contribution in [0.5, 0.6) is 0 Å². The lowest BCUT2D eigenvalue weighted by Crippen LogP contribution is -2.43. The molecule has 0 aliphatic heterocycles. The Labute approximate surface area is 94.2 Å². The van der Waals surface area contributed by atoms with Crippen molar-refractivity contribution in [3.63, 3.8) is 0 Å². The number of carbonyl (C=O) groups excluding carboxylic acids is 1. The van der Waals surface area contributed by atoms with Gasteiger partial charge in [0, 0.05) is 4.88 Å². The van der Waals surface area contributed by atoms with Gasteiger partial charge >= 0.3 is 5.97 Å². The van der Waals surface area contributed by atoms with Crippen LogP contribution in [-0.2, 0) is 16.1 Å². The first kappa shape index (κ1) is 12.2. The van der Waals surface area contributed by atoms with Crippen molar-refractivity contribution in [1.82, 2.24) is 0 Å². The summed E-state index contributed by atoms with van der Waals surface area (Å²) in [6, 6.07) is 3.29. The highest BCUT2D eigenvalue weighted by Crippen LogP contribution is 2.19. The Balaban J connectivity index is 2.43. The third-order valence-corrected chi connectivity index (χ3v) is 2.97. The van der Waals surface area contributed by atoms with Gasteiger partial charge in [0.2, 0.25) is 0 Å². The van der Waals surface area contributed by atoms with Crippen LogP contribution in [0.15, 0.2) is 17.5 Å². The van der Waals surface area contributed by atoms with E-state index < -0.39 is 6.04 Å². The first-order chi connectivity index (χ1) is 6.91. The lowest BCUT2D eigenvalue weighted by molar-refractivity contribution is -0.149. The average molecular weight is 227 g/mol. The van der Waals surface area contributed by atoms with Crippen molar-refractivity contribution in [2.75, 3.05) is 0 Å². The minimum absolute atomic E-state index is 0.257. The minimum Gasteiger partial charge on any atom is -0.459 e. The molecule has 0 saturated carbocycles. The molecule has 1 rings (SSSR count). The molecule has 1 aromatic rings. The highest BCUT2D eigenvalue weighted by atomic mass is 32.1. The zero-order valence-electron chi connectivity index (χ0n) is 9.32. The van der Waals surface area contributed by atoms with Crippen molar-refractivity contribution in [3.8, 4) is 0 Å². The van der Waals surface area contributed by atoms with Crippen LogP contribution in [0.3, 0.4) is 0 Å². The second kappa shape index (κ2) is 4.77. The maximum Gasteiger partial charge on any atom is 0.323 e. The molecule has 1 heterocycles. The van der Waals surface area contributed by atoms with E-state index in [1.807, 2.05) is 38.3 Å². The van der Waals surface area contributed by atoms with Crippen LogP contribution in [0.4, 0.5) is 0 Å². The normalized spacial score (nSPS) is 13.6. The molecule has 0 aliphatic carbocycles. The summed E-state index contributed by atoms with van der Waals surface area (Å²) in [5.41, 5.74) is 5.51. The van der Waals surface area contributed by atoms with Gasteiger partial charge in [-0.15, -0.1) is 11.3 Å². The van der Waals surface area contributed by atoms with Crippen LogP contribution >= 0.6 is 11.3 Å². The Morgan fingerprint density at radius 2 is 2.27 bits per heavy atom. The van der Waals surface area contributed by atoms with E-state index >= 15 is 0 Å². The highest BCUT2D eigenvalue weighted by molar-refractivity contribution is 7.09. The largest absolute Gasteiger partial charge is 0.459 e. The summed E-state index contributed by atoms with van der Waals surface area (Å²) in [6.07, 6.45) is 0. The third-order valence-electron chi connectivity index (χ3n) is 2.12. The molecular weight excluding hydrogens is 210 g/mol. The summed E-state index contributed by atoms with van der Waals surface area (Å²) in [6.45, 7) is 6.08. The topological polar surface area (TPSA) is 52.3 Å². The number of hydrogen-bond acceptors (Lipinski definition) is 4. The van der Waals surface area contributed by atoms with Gasteiger partial charge in [-0.25, -0.2) is 0 Å². The van der Waals surface area contributed by atoms with E-state index in [0.717, 1.165) is 4.88 Å². The SMILES string of the molecule is CC(C)(C)[C@H](N)C(=O)OCc1cccs1. The van der Waals surface area contributed by atoms with Gasteiger partial charge in [-0.3, -0.25) is 4.79 Å². The van der Waals surface area contributed by atoms with Gasteiger partial charge in [0.25, 0.3) is 0 Å². The van der Waals surface area contributed by atoms with Gasteiger partial charge in [0.15, 0.2) is 0 Å². The Morgan fingerprint density at radius 3 is 2.73 bits per heavy atom. The Bertz CT molecular complexity index is 314. The van der Waals surface area contributed by atoms with E-state index in [1.165, 1.54) is 0 Å². The minimum atomic E-state index is -0.572. The summed E-state index contributed by atoms with van der Waals surface area (Å²) < 4.78 is 5.12. The molecule has 15 heavy (non-hydrogen) atoms. The highest BCUT2D eigenvalue weighted by Gasteiger charge is 2.28. The quantitative estimate of drug-likeness (QED) is 0.805. The van der Waals surface area contributed by atoms with E-state index in [4.69, 9.17) is 10.5 Å². The molecule has 0 unspecified atom stereocenters. The van der Waals surface area contributed by atoms with Crippen molar-refractivity contribution in [1.29, 1.82) is 0 Å². The number of hydrogen-bond donors (Lipinski definition) is 1. The molecule has 84 valence electrons. The molecule has 1 aromatic heterocycles. The van der Waals surface area contributed by atoms with Crippen molar-refractivity contribution in [3.05, 3.63) is 22.4 Å². The van der Waals surface area contributed by atoms with Gasteiger partial charge in [0.1, 0.15) is 12.6 Å². The summed E-state index contributed by atoms with van der Waals surface area (Å²) in [4.78, 5) is 12.6. The van der Waals surface area contributed by atoms with E-state index in [2.05, 4.69) is 0 Å². The molecule has 2 N–H and O–H groups in total. The first-order valence-corrected chi connectivity index (χ1v) is 5.74. The van der Waals surface area contributed by atoms with Gasteiger partial charge in [-0.2, -0.15) is 0 Å². The van der Waals surface area contributed by atoms with Gasteiger partial charge in [-0.05, 0) is 16.9 Å². The van der Waals surface area contributed by atoms with Crippen molar-refractivity contribution in [2.24, 2.45) is 11.1 Å². The predicted molar refractivity (Wildman–Crippen MR) is 61.5 cm³/mol. The first-order valence-electron chi connectivity index (χ1n) is 4.86. The number of thiophene rings is 1. The number of rotatable bonds is 3. The standard InChI is InChI=1S/C11H17NO2S/c1-11(2,3)9(12)10(13)14-7-8-5-4-6-15-8/h4-6,9H,7,12H2,1-3H3/t9-/m1/s1. The zero-order chi connectivity index (χ0) is 11.5. The maximum atomic E-state index is 11.5. The summed E-state index contributed by atoms with van der Waals surface area (Å²) >= 11 is 1.57. The summed E-state index contributed by atoms with van der Waals surface area (Å²) in [7, 11) is 0. The fourth-order valence-electron chi connectivity index (χ4n) is 0.980.